The number of methoxy groups -OCH3 is 1. The van der Waals surface area contributed by atoms with Gasteiger partial charge in [-0.2, -0.15) is 4.98 Å². The Hall–Kier alpha value is -2.65. The van der Waals surface area contributed by atoms with Crippen molar-refractivity contribution in [3.63, 3.8) is 0 Å². The smallest absolute Gasteiger partial charge is 0.336 e. The van der Waals surface area contributed by atoms with Gasteiger partial charge in [0.2, 0.25) is 5.91 Å². The van der Waals surface area contributed by atoms with Gasteiger partial charge in [-0.15, -0.1) is 5.10 Å². The zero-order chi connectivity index (χ0) is 20.8. The number of aliphatic hydroxyl groups is 1. The molecule has 1 amide bonds. The highest BCUT2D eigenvalue weighted by molar-refractivity contribution is 6.42. The number of rotatable bonds is 8. The van der Waals surface area contributed by atoms with Crippen LogP contribution in [0.4, 0.5) is 5.69 Å². The maximum atomic E-state index is 11.3. The molecule has 0 atom stereocenters. The number of benzene rings is 2. The zero-order valence-electron chi connectivity index (χ0n) is 15.4. The van der Waals surface area contributed by atoms with Gasteiger partial charge in [-0.3, -0.25) is 4.79 Å². The number of nitrogens with one attached hydrogen (secondary N) is 1. The highest BCUT2D eigenvalue weighted by atomic mass is 35.5. The minimum atomic E-state index is -0.589. The normalized spacial score (nSPS) is 10.8. The number of nitrogens with zero attached hydrogens (tertiary/aromatic N) is 3. The summed E-state index contributed by atoms with van der Waals surface area (Å²) < 4.78 is 12.1. The first-order valence-corrected chi connectivity index (χ1v) is 9.32. The molecule has 0 bridgehead atoms. The molecule has 0 fully saturated rings. The third-order valence-electron chi connectivity index (χ3n) is 3.82. The predicted octanol–water partition coefficient (Wildman–Crippen LogP) is 3.20. The topological polar surface area (TPSA) is 98.5 Å². The lowest BCUT2D eigenvalue weighted by atomic mass is 10.2. The fraction of sp³-hybridized carbons (Fsp3) is 0.211. The van der Waals surface area contributed by atoms with Crippen LogP contribution in [-0.4, -0.2) is 52.7 Å². The van der Waals surface area contributed by atoms with Gasteiger partial charge < -0.3 is 19.9 Å². The van der Waals surface area contributed by atoms with E-state index in [-0.39, 0.29) is 6.01 Å². The van der Waals surface area contributed by atoms with E-state index in [0.717, 1.165) is 0 Å². The average molecular weight is 437 g/mol. The van der Waals surface area contributed by atoms with Crippen molar-refractivity contribution < 1.29 is 19.4 Å². The first-order valence-electron chi connectivity index (χ1n) is 8.57. The van der Waals surface area contributed by atoms with Crippen molar-refractivity contribution in [2.24, 2.45) is 0 Å². The monoisotopic (exact) mass is 436 g/mol. The van der Waals surface area contributed by atoms with Crippen LogP contribution in [0, 0.1) is 0 Å². The quantitative estimate of drug-likeness (QED) is 0.526. The highest BCUT2D eigenvalue weighted by Gasteiger charge is 2.16. The fourth-order valence-corrected chi connectivity index (χ4v) is 2.76. The molecule has 1 heterocycles. The Kier molecular flexibility index (Phi) is 7.05. The summed E-state index contributed by atoms with van der Waals surface area (Å²) in [4.78, 5) is 15.8. The number of carbonyl (C=O) groups is 1. The van der Waals surface area contributed by atoms with Crippen LogP contribution in [0.25, 0.3) is 17.1 Å². The molecule has 0 unspecified atom stereocenters. The zero-order valence-corrected chi connectivity index (χ0v) is 16.9. The van der Waals surface area contributed by atoms with Crippen molar-refractivity contribution in [3.8, 4) is 23.1 Å². The van der Waals surface area contributed by atoms with Crippen LogP contribution >= 0.6 is 23.2 Å². The van der Waals surface area contributed by atoms with E-state index in [2.05, 4.69) is 15.4 Å². The van der Waals surface area contributed by atoms with Crippen LogP contribution in [0.3, 0.4) is 0 Å². The van der Waals surface area contributed by atoms with Gasteiger partial charge in [-0.1, -0.05) is 23.2 Å². The van der Waals surface area contributed by atoms with Gasteiger partial charge in [0.25, 0.3) is 0 Å². The summed E-state index contributed by atoms with van der Waals surface area (Å²) in [6, 6.07) is 12.2. The molecule has 2 N–H and O–H groups in total. The lowest BCUT2D eigenvalue weighted by molar-refractivity contribution is -0.118. The summed E-state index contributed by atoms with van der Waals surface area (Å²) in [5.41, 5.74) is 1.92. The molecule has 8 nitrogen and oxygen atoms in total. The van der Waals surface area contributed by atoms with Gasteiger partial charge in [0.05, 0.1) is 22.3 Å². The standard InChI is InChI=1S/C19H18Cl2N4O4/c1-28-8-9-29-19-23-18(12-2-7-15(20)16(21)10-12)25(24-19)14-5-3-13(4-6-14)22-17(27)11-26/h2-7,10,26H,8-9,11H2,1H3,(H,22,27). The number of halogens is 2. The van der Waals surface area contributed by atoms with Crippen molar-refractivity contribution in [2.75, 3.05) is 32.2 Å². The van der Waals surface area contributed by atoms with Crippen molar-refractivity contribution in [1.29, 1.82) is 0 Å². The Morgan fingerprint density at radius 1 is 1.14 bits per heavy atom. The van der Waals surface area contributed by atoms with E-state index in [4.69, 9.17) is 37.8 Å². The largest absolute Gasteiger partial charge is 0.460 e. The SMILES string of the molecule is COCCOc1nc(-c2ccc(Cl)c(Cl)c2)n(-c2ccc(NC(=O)CO)cc2)n1. The fourth-order valence-electron chi connectivity index (χ4n) is 2.46. The van der Waals surface area contributed by atoms with E-state index in [0.29, 0.717) is 46.0 Å². The molecule has 0 radical (unpaired) electrons. The number of ether oxygens (including phenoxy) is 2. The van der Waals surface area contributed by atoms with Crippen molar-refractivity contribution in [2.45, 2.75) is 0 Å². The van der Waals surface area contributed by atoms with Crippen LogP contribution < -0.4 is 10.1 Å². The highest BCUT2D eigenvalue weighted by Crippen LogP contribution is 2.30. The van der Waals surface area contributed by atoms with E-state index < -0.39 is 12.5 Å². The number of hydrogen-bond donors (Lipinski definition) is 2. The average Bonchev–Trinajstić information content (AvgIpc) is 3.15. The third kappa shape index (κ3) is 5.24. The molecule has 152 valence electrons. The molecular weight excluding hydrogens is 419 g/mol. The number of amides is 1. The summed E-state index contributed by atoms with van der Waals surface area (Å²) in [5, 5.41) is 16.6. The second-order valence-corrected chi connectivity index (χ2v) is 6.67. The third-order valence-corrected chi connectivity index (χ3v) is 4.56. The molecule has 3 rings (SSSR count). The molecule has 10 heteroatoms. The van der Waals surface area contributed by atoms with Crippen molar-refractivity contribution >= 4 is 34.8 Å². The van der Waals surface area contributed by atoms with Crippen molar-refractivity contribution in [3.05, 3.63) is 52.5 Å². The molecule has 0 aliphatic rings. The van der Waals surface area contributed by atoms with Gasteiger partial charge in [0.15, 0.2) is 5.82 Å². The van der Waals surface area contributed by atoms with Crippen LogP contribution in [0.15, 0.2) is 42.5 Å². The Morgan fingerprint density at radius 2 is 1.90 bits per heavy atom. The summed E-state index contributed by atoms with van der Waals surface area (Å²) in [7, 11) is 1.58. The van der Waals surface area contributed by atoms with E-state index in [1.807, 2.05) is 0 Å². The molecule has 0 saturated carbocycles. The summed E-state index contributed by atoms with van der Waals surface area (Å²) >= 11 is 12.2. The molecule has 0 aliphatic heterocycles. The van der Waals surface area contributed by atoms with Crippen molar-refractivity contribution in [1.82, 2.24) is 14.8 Å². The van der Waals surface area contributed by atoms with Gasteiger partial charge in [-0.05, 0) is 42.5 Å². The molecule has 2 aromatic carbocycles. The lowest BCUT2D eigenvalue weighted by Gasteiger charge is -2.08. The lowest BCUT2D eigenvalue weighted by Crippen LogP contribution is -2.15. The first-order chi connectivity index (χ1) is 14.0. The minimum absolute atomic E-state index is 0.181. The molecule has 3 aromatic rings. The summed E-state index contributed by atoms with van der Waals surface area (Å²) in [5.74, 6) is 0.00644. The second-order valence-electron chi connectivity index (χ2n) is 5.85. The maximum Gasteiger partial charge on any atom is 0.336 e. The van der Waals surface area contributed by atoms with Gasteiger partial charge in [-0.25, -0.2) is 4.68 Å². The second kappa shape index (κ2) is 9.71. The van der Waals surface area contributed by atoms with E-state index in [1.165, 1.54) is 0 Å². The van der Waals surface area contributed by atoms with Gasteiger partial charge in [0, 0.05) is 18.4 Å². The van der Waals surface area contributed by atoms with Crippen LogP contribution in [0.2, 0.25) is 10.0 Å². The first kappa shape index (κ1) is 21.1. The summed E-state index contributed by atoms with van der Waals surface area (Å²) in [6.07, 6.45) is 0. The van der Waals surface area contributed by atoms with Gasteiger partial charge in [0.1, 0.15) is 13.2 Å². The predicted molar refractivity (Wildman–Crippen MR) is 110 cm³/mol. The molecule has 29 heavy (non-hydrogen) atoms. The molecular formula is C19H18Cl2N4O4. The van der Waals surface area contributed by atoms with Crippen LogP contribution in [-0.2, 0) is 9.53 Å². The molecule has 1 aromatic heterocycles. The number of aliphatic hydroxyl groups excluding tert-OH is 1. The van der Waals surface area contributed by atoms with Gasteiger partial charge >= 0.3 is 6.01 Å². The van der Waals surface area contributed by atoms with E-state index >= 15 is 0 Å². The number of carbonyl (C=O) groups excluding carboxylic acids is 1. The number of hydrogen-bond acceptors (Lipinski definition) is 6. The number of aromatic nitrogens is 3. The Labute approximate surface area is 177 Å². The Balaban J connectivity index is 1.97. The Bertz CT molecular complexity index is 992. The van der Waals surface area contributed by atoms with E-state index in [1.54, 1.807) is 54.3 Å². The van der Waals surface area contributed by atoms with Crippen LogP contribution in [0.5, 0.6) is 6.01 Å². The molecule has 0 spiro atoms. The number of anilines is 1. The Morgan fingerprint density at radius 3 is 2.55 bits per heavy atom. The molecule has 0 aliphatic carbocycles. The minimum Gasteiger partial charge on any atom is -0.460 e. The molecule has 0 saturated heterocycles. The maximum absolute atomic E-state index is 11.3. The van der Waals surface area contributed by atoms with Crippen LogP contribution in [0.1, 0.15) is 0 Å². The van der Waals surface area contributed by atoms with E-state index in [9.17, 15) is 4.79 Å². The summed E-state index contributed by atoms with van der Waals surface area (Å²) in [6.45, 7) is 0.109.